The number of furan rings is 2. The highest BCUT2D eigenvalue weighted by Gasteiger charge is 2.27. The normalized spacial score (nSPS) is 11.9. The lowest BCUT2D eigenvalue weighted by Gasteiger charge is -2.12. The fraction of sp³-hybridized carbons (Fsp3) is 0. The Morgan fingerprint density at radius 3 is 0.982 bits per heavy atom. The van der Waals surface area contributed by atoms with Crippen molar-refractivity contribution < 1.29 is 8.83 Å². The molecule has 0 unspecified atom stereocenters. The first-order valence-electron chi connectivity index (χ1n) is 38.2. The van der Waals surface area contributed by atoms with E-state index in [-0.39, 0.29) is 0 Å². The van der Waals surface area contributed by atoms with Gasteiger partial charge in [0, 0.05) is 92.7 Å². The highest BCUT2D eigenvalue weighted by Crippen LogP contribution is 2.46. The predicted octanol–water partition coefficient (Wildman–Crippen LogP) is 25.9. The van der Waals surface area contributed by atoms with Crippen molar-refractivity contribution in [2.75, 3.05) is 0 Å². The quantitative estimate of drug-likeness (QED) is 0.133. The Hall–Kier alpha value is -15.7. The SMILES string of the molecule is c1ccc(-c2cccc(-c3nc(-c4ccc5c(c4)oc4ccccc45)nc(-n4c5ccccc5c5c6c7ccccc7n(-c7ccccc7)c6ccc54)n3)c2)cc1.c1ccc(-c2cccc(-c3nc(-c4cccc5c4oc4ccccc45)nc(-n4c5ccccc5c5c6c7ccccc7n(-c7ccccc7)c6ccc54)n3)c2)cc1. The van der Waals surface area contributed by atoms with E-state index in [2.05, 4.69) is 334 Å². The molecular weight excluding hydrogens is 1400 g/mol. The third-order valence-corrected chi connectivity index (χ3v) is 22.4. The minimum Gasteiger partial charge on any atom is -0.456 e. The minimum atomic E-state index is 0.533. The van der Waals surface area contributed by atoms with Crippen molar-refractivity contribution in [3.63, 3.8) is 0 Å². The molecule has 12 nitrogen and oxygen atoms in total. The van der Waals surface area contributed by atoms with Crippen LogP contribution < -0.4 is 0 Å². The third-order valence-electron chi connectivity index (χ3n) is 22.4. The molecule has 16 aromatic carbocycles. The standard InChI is InChI=1S/2C51H31N5O/c1-3-15-32(16-4-1)33-17-13-18-34(31-33)49-52-50(40-25-14-24-37-36-21-9-12-28-45(36)57-48(37)40)54-51(53-49)56-42-27-11-8-23-39(42)47-44(56)30-29-43-46(47)38-22-7-10-26-41(38)55(43)35-19-5-2-6-20-35;1-3-14-32(15-4-1)33-16-13-17-34(30-33)49-52-50(35-26-27-38-37-20-9-12-25-45(37)57-46(38)31-35)54-51(53-49)56-42-24-11-8-22-40(42)48-44(56)29-28-43-47(48)39-21-7-10-23-41(39)55(43)36-18-5-2-6-19-36/h2*1-31H. The summed E-state index contributed by atoms with van der Waals surface area (Å²) >= 11 is 0. The Kier molecular flexibility index (Phi) is 14.7. The number of rotatable bonds is 10. The van der Waals surface area contributed by atoms with E-state index < -0.39 is 0 Å². The van der Waals surface area contributed by atoms with E-state index in [1.807, 2.05) is 60.7 Å². The highest BCUT2D eigenvalue weighted by atomic mass is 16.3. The maximum atomic E-state index is 6.55. The van der Waals surface area contributed by atoms with Crippen molar-refractivity contribution in [3.05, 3.63) is 376 Å². The maximum absolute atomic E-state index is 6.55. The second-order valence-corrected chi connectivity index (χ2v) is 28.8. The lowest BCUT2D eigenvalue weighted by Crippen LogP contribution is -2.06. The van der Waals surface area contributed by atoms with Crippen molar-refractivity contribution in [1.82, 2.24) is 48.2 Å². The highest BCUT2D eigenvalue weighted by molar-refractivity contribution is 6.30. The molecule has 0 bridgehead atoms. The number of hydrogen-bond acceptors (Lipinski definition) is 8. The van der Waals surface area contributed by atoms with Crippen LogP contribution in [0.15, 0.2) is 385 Å². The zero-order valence-corrected chi connectivity index (χ0v) is 61.1. The molecule has 8 aromatic heterocycles. The van der Waals surface area contributed by atoms with Crippen LogP contribution in [0.3, 0.4) is 0 Å². The van der Waals surface area contributed by atoms with Crippen LogP contribution in [-0.2, 0) is 0 Å². The molecule has 12 heteroatoms. The number of benzene rings is 16. The van der Waals surface area contributed by atoms with Gasteiger partial charge in [0.2, 0.25) is 11.9 Å². The number of fused-ring (bicyclic) bond motifs is 20. The van der Waals surface area contributed by atoms with Gasteiger partial charge in [-0.25, -0.2) is 9.97 Å². The summed E-state index contributed by atoms with van der Waals surface area (Å²) in [5.41, 5.74) is 22.0. The van der Waals surface area contributed by atoms with Crippen LogP contribution in [0.4, 0.5) is 0 Å². The Labute approximate surface area is 651 Å². The van der Waals surface area contributed by atoms with Crippen molar-refractivity contribution >= 4 is 131 Å². The molecule has 0 saturated heterocycles. The van der Waals surface area contributed by atoms with Crippen LogP contribution in [0.1, 0.15) is 0 Å². The first-order valence-corrected chi connectivity index (χ1v) is 38.2. The van der Waals surface area contributed by atoms with E-state index in [0.29, 0.717) is 35.2 Å². The van der Waals surface area contributed by atoms with Gasteiger partial charge < -0.3 is 18.0 Å². The summed E-state index contributed by atoms with van der Waals surface area (Å²) in [4.78, 5) is 31.7. The lowest BCUT2D eigenvalue weighted by atomic mass is 10.0. The zero-order chi connectivity index (χ0) is 74.9. The monoisotopic (exact) mass is 1460 g/mol. The van der Waals surface area contributed by atoms with Crippen LogP contribution in [0.25, 0.3) is 222 Å². The van der Waals surface area contributed by atoms with Gasteiger partial charge in [0.15, 0.2) is 23.3 Å². The number of aromatic nitrogens is 10. The third kappa shape index (κ3) is 10.3. The molecule has 0 amide bonds. The molecule has 0 aliphatic heterocycles. The summed E-state index contributed by atoms with van der Waals surface area (Å²) < 4.78 is 22.0. The summed E-state index contributed by atoms with van der Waals surface area (Å²) in [5.74, 6) is 3.35. The Morgan fingerprint density at radius 1 is 0.184 bits per heavy atom. The molecule has 0 radical (unpaired) electrons. The van der Waals surface area contributed by atoms with E-state index >= 15 is 0 Å². The van der Waals surface area contributed by atoms with Crippen LogP contribution >= 0.6 is 0 Å². The van der Waals surface area contributed by atoms with Gasteiger partial charge >= 0.3 is 0 Å². The molecule has 0 saturated carbocycles. The average molecular weight is 1460 g/mol. The molecule has 24 rings (SSSR count). The number of nitrogens with zero attached hydrogens (tertiary/aromatic N) is 10. The fourth-order valence-electron chi connectivity index (χ4n) is 17.3. The lowest BCUT2D eigenvalue weighted by molar-refractivity contribution is 0.669. The number of para-hydroxylation sites is 9. The molecule has 0 spiro atoms. The molecular formula is C102H62N10O2. The van der Waals surface area contributed by atoms with Gasteiger partial charge in [-0.15, -0.1) is 0 Å². The molecule has 0 fully saturated rings. The second kappa shape index (κ2) is 26.0. The molecule has 114 heavy (non-hydrogen) atoms. The maximum Gasteiger partial charge on any atom is 0.238 e. The van der Waals surface area contributed by atoms with Crippen LogP contribution in [0, 0.1) is 0 Å². The van der Waals surface area contributed by atoms with E-state index in [0.717, 1.165) is 165 Å². The molecule has 532 valence electrons. The van der Waals surface area contributed by atoms with E-state index in [1.54, 1.807) is 0 Å². The van der Waals surface area contributed by atoms with Gasteiger partial charge in [-0.05, 0) is 138 Å². The van der Waals surface area contributed by atoms with Crippen molar-refractivity contribution in [3.8, 4) is 91.1 Å². The molecule has 8 heterocycles. The molecule has 0 N–H and O–H groups in total. The van der Waals surface area contributed by atoms with Crippen molar-refractivity contribution in [2.24, 2.45) is 0 Å². The summed E-state index contributed by atoms with van der Waals surface area (Å²) in [6, 6.07) is 131. The van der Waals surface area contributed by atoms with Gasteiger partial charge in [0.25, 0.3) is 0 Å². The van der Waals surface area contributed by atoms with Gasteiger partial charge in [0.1, 0.15) is 22.3 Å². The molecule has 24 aromatic rings. The van der Waals surface area contributed by atoms with Crippen molar-refractivity contribution in [2.45, 2.75) is 0 Å². The smallest absolute Gasteiger partial charge is 0.238 e. The number of hydrogen-bond donors (Lipinski definition) is 0. The van der Waals surface area contributed by atoms with E-state index in [9.17, 15) is 0 Å². The largest absolute Gasteiger partial charge is 0.456 e. The fourth-order valence-corrected chi connectivity index (χ4v) is 17.3. The summed E-state index contributed by atoms with van der Waals surface area (Å²) in [5, 5.41) is 13.6. The molecule has 0 aliphatic carbocycles. The van der Waals surface area contributed by atoms with Gasteiger partial charge in [-0.3, -0.25) is 9.13 Å². The predicted molar refractivity (Wildman–Crippen MR) is 464 cm³/mol. The topological polar surface area (TPSA) is 123 Å². The van der Waals surface area contributed by atoms with E-state index in [4.69, 9.17) is 38.7 Å². The Bertz CT molecular complexity index is 7990. The van der Waals surface area contributed by atoms with Gasteiger partial charge in [-0.1, -0.05) is 261 Å². The van der Waals surface area contributed by atoms with Gasteiger partial charge in [0.05, 0.1) is 49.7 Å². The van der Waals surface area contributed by atoms with Crippen LogP contribution in [0.2, 0.25) is 0 Å². The first-order chi connectivity index (χ1) is 56.5. The molecule has 0 atom stereocenters. The Balaban J connectivity index is 0.000000135. The Morgan fingerprint density at radius 2 is 0.509 bits per heavy atom. The van der Waals surface area contributed by atoms with Crippen molar-refractivity contribution in [1.29, 1.82) is 0 Å². The van der Waals surface area contributed by atoms with E-state index in [1.165, 1.54) is 21.5 Å². The zero-order valence-electron chi connectivity index (χ0n) is 61.1. The summed E-state index contributed by atoms with van der Waals surface area (Å²) in [7, 11) is 0. The van der Waals surface area contributed by atoms with Gasteiger partial charge in [-0.2, -0.15) is 19.9 Å². The minimum absolute atomic E-state index is 0.533. The van der Waals surface area contributed by atoms with Crippen LogP contribution in [-0.4, -0.2) is 48.2 Å². The first kappa shape index (κ1) is 64.3. The summed E-state index contributed by atoms with van der Waals surface area (Å²) in [6.07, 6.45) is 0. The summed E-state index contributed by atoms with van der Waals surface area (Å²) in [6.45, 7) is 0. The second-order valence-electron chi connectivity index (χ2n) is 28.8. The average Bonchev–Trinajstić information content (AvgIpc) is 1.53. The van der Waals surface area contributed by atoms with Crippen LogP contribution in [0.5, 0.6) is 0 Å². The molecule has 0 aliphatic rings.